The molecular weight excluding hydrogens is 242 g/mol. The van der Waals surface area contributed by atoms with Crippen molar-refractivity contribution < 1.29 is 9.72 Å². The van der Waals surface area contributed by atoms with Gasteiger partial charge in [0.05, 0.1) is 4.92 Å². The Morgan fingerprint density at radius 1 is 1.11 bits per heavy atom. The molecule has 0 heterocycles. The van der Waals surface area contributed by atoms with Gasteiger partial charge in [0.1, 0.15) is 0 Å². The Morgan fingerprint density at radius 3 is 2.37 bits per heavy atom. The van der Waals surface area contributed by atoms with Crippen molar-refractivity contribution in [2.45, 2.75) is 13.3 Å². The number of rotatable bonds is 4. The van der Waals surface area contributed by atoms with Gasteiger partial charge in [-0.3, -0.25) is 14.9 Å². The lowest BCUT2D eigenvalue weighted by molar-refractivity contribution is -0.385. The maximum absolute atomic E-state index is 12.2. The Bertz CT molecular complexity index is 621. The topological polar surface area (TPSA) is 60.2 Å². The number of carbonyl (C=O) groups excluding carboxylic acids is 1. The van der Waals surface area contributed by atoms with Crippen molar-refractivity contribution in [3.05, 3.63) is 75.3 Å². The van der Waals surface area contributed by atoms with E-state index in [9.17, 15) is 14.9 Å². The van der Waals surface area contributed by atoms with E-state index in [-0.39, 0.29) is 11.5 Å². The fourth-order valence-corrected chi connectivity index (χ4v) is 1.93. The zero-order chi connectivity index (χ0) is 13.8. The van der Waals surface area contributed by atoms with Gasteiger partial charge in [-0.05, 0) is 6.42 Å². The molecule has 0 radical (unpaired) electrons. The minimum absolute atomic E-state index is 0.00396. The van der Waals surface area contributed by atoms with Crippen molar-refractivity contribution in [3.63, 3.8) is 0 Å². The molecule has 0 saturated heterocycles. The quantitative estimate of drug-likeness (QED) is 0.478. The zero-order valence-electron chi connectivity index (χ0n) is 10.5. The molecule has 19 heavy (non-hydrogen) atoms. The summed E-state index contributed by atoms with van der Waals surface area (Å²) in [5, 5.41) is 11.0. The average molecular weight is 255 g/mol. The molecule has 0 aliphatic carbocycles. The highest BCUT2D eigenvalue weighted by atomic mass is 16.6. The predicted molar refractivity (Wildman–Crippen MR) is 72.3 cm³/mol. The van der Waals surface area contributed by atoms with Crippen LogP contribution in [0.15, 0.2) is 48.5 Å². The maximum Gasteiger partial charge on any atom is 0.273 e. The predicted octanol–water partition coefficient (Wildman–Crippen LogP) is 3.39. The number of hydrogen-bond acceptors (Lipinski definition) is 3. The molecule has 4 nitrogen and oxygen atoms in total. The summed E-state index contributed by atoms with van der Waals surface area (Å²) < 4.78 is 0. The number of benzene rings is 2. The fourth-order valence-electron chi connectivity index (χ4n) is 1.93. The Hall–Kier alpha value is -2.49. The normalized spacial score (nSPS) is 10.2. The minimum Gasteiger partial charge on any atom is -0.289 e. The number of aryl methyl sites for hydroxylation is 1. The van der Waals surface area contributed by atoms with Crippen molar-refractivity contribution in [2.75, 3.05) is 0 Å². The van der Waals surface area contributed by atoms with Gasteiger partial charge in [-0.25, -0.2) is 0 Å². The molecule has 0 aliphatic rings. The van der Waals surface area contributed by atoms with Crippen LogP contribution in [0.5, 0.6) is 0 Å². The van der Waals surface area contributed by atoms with Crippen LogP contribution in [-0.4, -0.2) is 10.7 Å². The van der Waals surface area contributed by atoms with Crippen molar-refractivity contribution in [2.24, 2.45) is 0 Å². The summed E-state index contributed by atoms with van der Waals surface area (Å²) in [5.74, 6) is -0.202. The van der Waals surface area contributed by atoms with Gasteiger partial charge in [0.25, 0.3) is 5.69 Å². The van der Waals surface area contributed by atoms with Crippen LogP contribution in [0.1, 0.15) is 28.4 Å². The van der Waals surface area contributed by atoms with E-state index in [2.05, 4.69) is 0 Å². The number of nitro groups is 1. The number of nitrogens with zero attached hydrogens (tertiary/aromatic N) is 1. The molecular formula is C15H13NO3. The summed E-state index contributed by atoms with van der Waals surface area (Å²) in [6.07, 6.45) is 0.566. The first-order valence-electron chi connectivity index (χ1n) is 6.00. The second-order valence-corrected chi connectivity index (χ2v) is 4.15. The summed E-state index contributed by atoms with van der Waals surface area (Å²) in [7, 11) is 0. The highest BCUT2D eigenvalue weighted by Crippen LogP contribution is 2.22. The molecule has 0 N–H and O–H groups in total. The second-order valence-electron chi connectivity index (χ2n) is 4.15. The van der Waals surface area contributed by atoms with Gasteiger partial charge in [-0.15, -0.1) is 0 Å². The van der Waals surface area contributed by atoms with Gasteiger partial charge in [-0.1, -0.05) is 49.4 Å². The lowest BCUT2D eigenvalue weighted by Crippen LogP contribution is -2.03. The molecule has 2 rings (SSSR count). The Labute approximate surface area is 110 Å². The Morgan fingerprint density at radius 2 is 1.79 bits per heavy atom. The van der Waals surface area contributed by atoms with Gasteiger partial charge < -0.3 is 0 Å². The number of hydrogen-bond donors (Lipinski definition) is 0. The van der Waals surface area contributed by atoms with E-state index in [1.807, 2.05) is 13.0 Å². The van der Waals surface area contributed by atoms with Crippen LogP contribution in [-0.2, 0) is 6.42 Å². The zero-order valence-corrected chi connectivity index (χ0v) is 10.5. The molecule has 2 aromatic carbocycles. The molecule has 0 aromatic heterocycles. The molecule has 2 aromatic rings. The summed E-state index contributed by atoms with van der Waals surface area (Å²) in [6, 6.07) is 13.4. The number of ketones is 1. The van der Waals surface area contributed by atoms with Gasteiger partial charge >= 0.3 is 0 Å². The van der Waals surface area contributed by atoms with Crippen LogP contribution in [0.25, 0.3) is 0 Å². The van der Waals surface area contributed by atoms with Gasteiger partial charge in [0.2, 0.25) is 0 Å². The molecule has 0 saturated carbocycles. The summed E-state index contributed by atoms with van der Waals surface area (Å²) in [5.41, 5.74) is 1.51. The second kappa shape index (κ2) is 5.44. The van der Waals surface area contributed by atoms with Gasteiger partial charge in [0.15, 0.2) is 5.78 Å². The van der Waals surface area contributed by atoms with Crippen molar-refractivity contribution in [3.8, 4) is 0 Å². The Balaban J connectivity index is 2.44. The van der Waals surface area contributed by atoms with Crippen LogP contribution in [0, 0.1) is 10.1 Å². The van der Waals surface area contributed by atoms with E-state index in [1.54, 1.807) is 36.4 Å². The number of nitro benzene ring substituents is 1. The molecule has 0 bridgehead atoms. The molecule has 0 fully saturated rings. The highest BCUT2D eigenvalue weighted by Gasteiger charge is 2.17. The van der Waals surface area contributed by atoms with E-state index in [4.69, 9.17) is 0 Å². The maximum atomic E-state index is 12.2. The minimum atomic E-state index is -0.444. The lowest BCUT2D eigenvalue weighted by atomic mass is 10.00. The van der Waals surface area contributed by atoms with E-state index in [0.717, 1.165) is 0 Å². The van der Waals surface area contributed by atoms with Gasteiger partial charge in [0, 0.05) is 22.8 Å². The van der Waals surface area contributed by atoms with Crippen LogP contribution >= 0.6 is 0 Å². The van der Waals surface area contributed by atoms with Gasteiger partial charge in [-0.2, -0.15) is 0 Å². The van der Waals surface area contributed by atoms with Crippen LogP contribution in [0.4, 0.5) is 5.69 Å². The molecule has 0 amide bonds. The van der Waals surface area contributed by atoms with Crippen LogP contribution < -0.4 is 0 Å². The van der Waals surface area contributed by atoms with Crippen molar-refractivity contribution >= 4 is 11.5 Å². The van der Waals surface area contributed by atoms with Crippen molar-refractivity contribution in [1.29, 1.82) is 0 Å². The monoisotopic (exact) mass is 255 g/mol. The molecule has 96 valence electrons. The summed E-state index contributed by atoms with van der Waals surface area (Å²) >= 11 is 0. The standard InChI is InChI=1S/C15H13NO3/c1-2-11-8-9-13(10-14(11)16(18)19)15(17)12-6-4-3-5-7-12/h3-10H,2H2,1H3. The smallest absolute Gasteiger partial charge is 0.273 e. The van der Waals surface area contributed by atoms with E-state index >= 15 is 0 Å². The first-order chi connectivity index (χ1) is 9.13. The summed E-state index contributed by atoms with van der Waals surface area (Å²) in [4.78, 5) is 22.7. The molecule has 4 heteroatoms. The first kappa shape index (κ1) is 13.0. The van der Waals surface area contributed by atoms with Crippen LogP contribution in [0.2, 0.25) is 0 Å². The molecule has 0 atom stereocenters. The van der Waals surface area contributed by atoms with E-state index in [0.29, 0.717) is 23.1 Å². The molecule has 0 unspecified atom stereocenters. The number of carbonyl (C=O) groups is 1. The third-order valence-electron chi connectivity index (χ3n) is 2.96. The third kappa shape index (κ3) is 2.68. The lowest BCUT2D eigenvalue weighted by Gasteiger charge is -2.04. The fraction of sp³-hybridized carbons (Fsp3) is 0.133. The SMILES string of the molecule is CCc1ccc(C(=O)c2ccccc2)cc1[N+](=O)[O-]. The largest absolute Gasteiger partial charge is 0.289 e. The molecule has 0 aliphatic heterocycles. The molecule has 0 spiro atoms. The Kier molecular flexibility index (Phi) is 3.71. The van der Waals surface area contributed by atoms with Crippen LogP contribution in [0.3, 0.4) is 0 Å². The van der Waals surface area contributed by atoms with E-state index in [1.165, 1.54) is 6.07 Å². The first-order valence-corrected chi connectivity index (χ1v) is 6.00. The highest BCUT2D eigenvalue weighted by molar-refractivity contribution is 6.09. The average Bonchev–Trinajstić information content (AvgIpc) is 2.46. The van der Waals surface area contributed by atoms with E-state index < -0.39 is 4.92 Å². The third-order valence-corrected chi connectivity index (χ3v) is 2.96. The van der Waals surface area contributed by atoms with Crippen molar-refractivity contribution in [1.82, 2.24) is 0 Å². The summed E-state index contributed by atoms with van der Waals surface area (Å²) in [6.45, 7) is 1.85.